The predicted molar refractivity (Wildman–Crippen MR) is 77.8 cm³/mol. The van der Waals surface area contributed by atoms with Gasteiger partial charge in [0.15, 0.2) is 0 Å². The highest BCUT2D eigenvalue weighted by Gasteiger charge is 2.26. The molecule has 0 bridgehead atoms. The minimum absolute atomic E-state index is 0.143. The normalized spacial score (nSPS) is 17.2. The first-order chi connectivity index (χ1) is 9.48. The van der Waals surface area contributed by atoms with Gasteiger partial charge < -0.3 is 9.67 Å². The van der Waals surface area contributed by atoms with Crippen LogP contribution in [0.25, 0.3) is 0 Å². The van der Waals surface area contributed by atoms with Crippen molar-refractivity contribution >= 4 is 10.0 Å². The van der Waals surface area contributed by atoms with Crippen LogP contribution >= 0.6 is 0 Å². The SMILES string of the molecule is CCn1cc(S(=O)(=O)N(C)CC2CCCC2)cc1CO. The van der Waals surface area contributed by atoms with Crippen molar-refractivity contribution in [2.45, 2.75) is 50.7 Å². The molecule has 6 heteroatoms. The minimum atomic E-state index is -3.45. The molecule has 1 fully saturated rings. The van der Waals surface area contributed by atoms with Crippen molar-refractivity contribution in [3.63, 3.8) is 0 Å². The predicted octanol–water partition coefficient (Wildman–Crippen LogP) is 1.81. The van der Waals surface area contributed by atoms with Crippen molar-refractivity contribution in [3.05, 3.63) is 18.0 Å². The summed E-state index contributed by atoms with van der Waals surface area (Å²) < 4.78 is 28.3. The Balaban J connectivity index is 2.17. The second-order valence-corrected chi connectivity index (χ2v) is 7.59. The van der Waals surface area contributed by atoms with E-state index in [1.165, 1.54) is 17.1 Å². The molecule has 0 aromatic carbocycles. The zero-order chi connectivity index (χ0) is 14.8. The Hall–Kier alpha value is -0.850. The van der Waals surface area contributed by atoms with Crippen molar-refractivity contribution < 1.29 is 13.5 Å². The lowest BCUT2D eigenvalue weighted by Crippen LogP contribution is -2.31. The lowest BCUT2D eigenvalue weighted by molar-refractivity contribution is 0.271. The van der Waals surface area contributed by atoms with Gasteiger partial charge in [0.1, 0.15) is 4.90 Å². The Kier molecular flexibility index (Phi) is 4.88. The molecule has 1 aliphatic rings. The van der Waals surface area contributed by atoms with Crippen molar-refractivity contribution in [1.82, 2.24) is 8.87 Å². The average Bonchev–Trinajstić information content (AvgIpc) is 3.06. The van der Waals surface area contributed by atoms with Crippen LogP contribution in [0.2, 0.25) is 0 Å². The fraction of sp³-hybridized carbons (Fsp3) is 0.714. The molecule has 1 saturated carbocycles. The number of aliphatic hydroxyl groups is 1. The highest BCUT2D eigenvalue weighted by atomic mass is 32.2. The number of aromatic nitrogens is 1. The van der Waals surface area contributed by atoms with Gasteiger partial charge in [-0.3, -0.25) is 0 Å². The lowest BCUT2D eigenvalue weighted by Gasteiger charge is -2.20. The second-order valence-electron chi connectivity index (χ2n) is 5.55. The highest BCUT2D eigenvalue weighted by Crippen LogP contribution is 2.27. The molecule has 114 valence electrons. The summed E-state index contributed by atoms with van der Waals surface area (Å²) in [5.41, 5.74) is 0.639. The van der Waals surface area contributed by atoms with Crippen molar-refractivity contribution in [2.24, 2.45) is 5.92 Å². The summed E-state index contributed by atoms with van der Waals surface area (Å²) in [7, 11) is -1.80. The Morgan fingerprint density at radius 1 is 1.40 bits per heavy atom. The number of rotatable bonds is 6. The molecule has 2 rings (SSSR count). The van der Waals surface area contributed by atoms with Gasteiger partial charge in [0.2, 0.25) is 10.0 Å². The highest BCUT2D eigenvalue weighted by molar-refractivity contribution is 7.89. The smallest absolute Gasteiger partial charge is 0.244 e. The third-order valence-electron chi connectivity index (χ3n) is 4.16. The van der Waals surface area contributed by atoms with E-state index in [2.05, 4.69) is 0 Å². The topological polar surface area (TPSA) is 62.5 Å². The van der Waals surface area contributed by atoms with Gasteiger partial charge in [-0.2, -0.15) is 0 Å². The molecule has 0 aliphatic heterocycles. The molecule has 0 radical (unpaired) electrons. The lowest BCUT2D eigenvalue weighted by atomic mass is 10.1. The first-order valence-electron chi connectivity index (χ1n) is 7.25. The molecule has 1 N–H and O–H groups in total. The van der Waals surface area contributed by atoms with Crippen LogP contribution < -0.4 is 0 Å². The average molecular weight is 300 g/mol. The molecule has 0 amide bonds. The quantitative estimate of drug-likeness (QED) is 0.871. The van der Waals surface area contributed by atoms with Gasteiger partial charge in [-0.1, -0.05) is 12.8 Å². The van der Waals surface area contributed by atoms with E-state index < -0.39 is 10.0 Å². The fourth-order valence-electron chi connectivity index (χ4n) is 2.93. The molecular weight excluding hydrogens is 276 g/mol. The van der Waals surface area contributed by atoms with Crippen molar-refractivity contribution in [2.75, 3.05) is 13.6 Å². The number of nitrogens with zero attached hydrogens (tertiary/aromatic N) is 2. The second kappa shape index (κ2) is 6.28. The van der Waals surface area contributed by atoms with Crippen LogP contribution in [-0.4, -0.2) is 36.0 Å². The summed E-state index contributed by atoms with van der Waals surface area (Å²) in [5.74, 6) is 0.486. The van der Waals surface area contributed by atoms with Crippen LogP contribution in [0.5, 0.6) is 0 Å². The monoisotopic (exact) mass is 300 g/mol. The van der Waals surface area contributed by atoms with E-state index in [1.807, 2.05) is 6.92 Å². The van der Waals surface area contributed by atoms with Crippen LogP contribution in [0.3, 0.4) is 0 Å². The molecular formula is C14H24N2O3S. The Morgan fingerprint density at radius 3 is 2.55 bits per heavy atom. The largest absolute Gasteiger partial charge is 0.390 e. The van der Waals surface area contributed by atoms with E-state index in [0.717, 1.165) is 12.8 Å². The summed E-state index contributed by atoms with van der Waals surface area (Å²) in [4.78, 5) is 0.281. The van der Waals surface area contributed by atoms with Crippen LogP contribution in [0.1, 0.15) is 38.3 Å². The molecule has 1 aromatic heterocycles. The third-order valence-corrected chi connectivity index (χ3v) is 5.95. The number of hydrogen-bond donors (Lipinski definition) is 1. The van der Waals surface area contributed by atoms with E-state index in [-0.39, 0.29) is 11.5 Å². The van der Waals surface area contributed by atoms with Gasteiger partial charge in [0.25, 0.3) is 0 Å². The number of sulfonamides is 1. The molecule has 20 heavy (non-hydrogen) atoms. The molecule has 0 unspecified atom stereocenters. The number of aryl methyl sites for hydroxylation is 1. The van der Waals surface area contributed by atoms with E-state index in [9.17, 15) is 13.5 Å². The van der Waals surface area contributed by atoms with E-state index in [1.54, 1.807) is 23.9 Å². The van der Waals surface area contributed by atoms with Crippen molar-refractivity contribution in [3.8, 4) is 0 Å². The maximum atomic E-state index is 12.5. The summed E-state index contributed by atoms with van der Waals surface area (Å²) in [6, 6.07) is 1.57. The molecule has 1 heterocycles. The van der Waals surface area contributed by atoms with Crippen LogP contribution in [0.4, 0.5) is 0 Å². The van der Waals surface area contributed by atoms with Gasteiger partial charge >= 0.3 is 0 Å². The molecule has 0 atom stereocenters. The van der Waals surface area contributed by atoms with Gasteiger partial charge in [-0.25, -0.2) is 12.7 Å². The van der Waals surface area contributed by atoms with Crippen LogP contribution in [0, 0.1) is 5.92 Å². The third kappa shape index (κ3) is 3.07. The Labute approximate surface area is 121 Å². The molecule has 0 saturated heterocycles. The summed E-state index contributed by atoms with van der Waals surface area (Å²) in [6.07, 6.45) is 6.28. The van der Waals surface area contributed by atoms with Crippen molar-refractivity contribution in [1.29, 1.82) is 0 Å². The molecule has 1 aromatic rings. The summed E-state index contributed by atoms with van der Waals surface area (Å²) in [6.45, 7) is 3.03. The fourth-order valence-corrected chi connectivity index (χ4v) is 4.24. The zero-order valence-electron chi connectivity index (χ0n) is 12.2. The number of aliphatic hydroxyl groups excluding tert-OH is 1. The molecule has 1 aliphatic carbocycles. The Bertz CT molecular complexity index is 523. The Morgan fingerprint density at radius 2 is 2.05 bits per heavy atom. The summed E-state index contributed by atoms with van der Waals surface area (Å²) in [5, 5.41) is 9.27. The van der Waals surface area contributed by atoms with E-state index >= 15 is 0 Å². The molecule has 0 spiro atoms. The van der Waals surface area contributed by atoms with E-state index in [4.69, 9.17) is 0 Å². The van der Waals surface area contributed by atoms with Gasteiger partial charge in [-0.05, 0) is 31.7 Å². The van der Waals surface area contributed by atoms with Gasteiger partial charge in [-0.15, -0.1) is 0 Å². The van der Waals surface area contributed by atoms with E-state index in [0.29, 0.717) is 24.7 Å². The van der Waals surface area contributed by atoms with Gasteiger partial charge in [0, 0.05) is 32.0 Å². The summed E-state index contributed by atoms with van der Waals surface area (Å²) >= 11 is 0. The minimum Gasteiger partial charge on any atom is -0.390 e. The van der Waals surface area contributed by atoms with Crippen LogP contribution in [0.15, 0.2) is 17.2 Å². The molecule has 5 nitrogen and oxygen atoms in total. The maximum absolute atomic E-state index is 12.5. The standard InChI is InChI=1S/C14H24N2O3S/c1-3-16-10-14(8-13(16)11-17)20(18,19)15(2)9-12-6-4-5-7-12/h8,10,12,17H,3-7,9,11H2,1-2H3. The first-order valence-corrected chi connectivity index (χ1v) is 8.69. The first kappa shape index (κ1) is 15.5. The van der Waals surface area contributed by atoms with Gasteiger partial charge in [0.05, 0.1) is 6.61 Å². The number of hydrogen-bond acceptors (Lipinski definition) is 3. The maximum Gasteiger partial charge on any atom is 0.244 e. The van der Waals surface area contributed by atoms with Crippen LogP contribution in [-0.2, 0) is 23.2 Å². The zero-order valence-corrected chi connectivity index (χ0v) is 13.1.